The standard InChI is InChI=1S/C21H23FN2O4/c1-13(2)19(24-20(26)15-9-5-6-10-16(15)22)21(27)28-12-18(25)23-17-11-7-4-8-14(17)3/h4-11,13,19H,12H2,1-3H3,(H,23,25)(H,24,26)/t19-/m0/s1. The van der Waals surface area contributed by atoms with Crippen LogP contribution in [0.5, 0.6) is 0 Å². The van der Waals surface area contributed by atoms with Crippen LogP contribution in [0.3, 0.4) is 0 Å². The smallest absolute Gasteiger partial charge is 0.329 e. The number of para-hydroxylation sites is 1. The number of benzene rings is 2. The summed E-state index contributed by atoms with van der Waals surface area (Å²) in [6.45, 7) is 4.77. The summed E-state index contributed by atoms with van der Waals surface area (Å²) in [6.07, 6.45) is 0. The molecule has 1 atom stereocenters. The molecule has 2 aromatic carbocycles. The van der Waals surface area contributed by atoms with Crippen LogP contribution >= 0.6 is 0 Å². The van der Waals surface area contributed by atoms with Gasteiger partial charge in [-0.05, 0) is 36.6 Å². The van der Waals surface area contributed by atoms with Gasteiger partial charge in [0.05, 0.1) is 5.56 Å². The second-order valence-electron chi connectivity index (χ2n) is 6.65. The number of halogens is 1. The van der Waals surface area contributed by atoms with Gasteiger partial charge in [0.25, 0.3) is 11.8 Å². The number of anilines is 1. The first-order chi connectivity index (χ1) is 13.3. The molecule has 2 rings (SSSR count). The lowest BCUT2D eigenvalue weighted by molar-refractivity contribution is -0.150. The van der Waals surface area contributed by atoms with Gasteiger partial charge in [-0.1, -0.05) is 44.2 Å². The highest BCUT2D eigenvalue weighted by atomic mass is 19.1. The first-order valence-electron chi connectivity index (χ1n) is 8.87. The highest BCUT2D eigenvalue weighted by Gasteiger charge is 2.27. The van der Waals surface area contributed by atoms with Crippen LogP contribution in [-0.4, -0.2) is 30.4 Å². The van der Waals surface area contributed by atoms with Crippen molar-refractivity contribution in [1.82, 2.24) is 5.32 Å². The molecule has 0 fully saturated rings. The summed E-state index contributed by atoms with van der Waals surface area (Å²) < 4.78 is 18.8. The average Bonchev–Trinajstić information content (AvgIpc) is 2.66. The second kappa shape index (κ2) is 9.64. The van der Waals surface area contributed by atoms with E-state index in [4.69, 9.17) is 4.74 Å². The van der Waals surface area contributed by atoms with E-state index in [-0.39, 0.29) is 11.5 Å². The molecule has 6 nitrogen and oxygen atoms in total. The number of hydrogen-bond acceptors (Lipinski definition) is 4. The van der Waals surface area contributed by atoms with Crippen molar-refractivity contribution < 1.29 is 23.5 Å². The Morgan fingerprint density at radius 1 is 1.04 bits per heavy atom. The fraction of sp³-hybridized carbons (Fsp3) is 0.286. The van der Waals surface area contributed by atoms with Crippen LogP contribution in [0.15, 0.2) is 48.5 Å². The summed E-state index contributed by atoms with van der Waals surface area (Å²) in [7, 11) is 0. The van der Waals surface area contributed by atoms with E-state index in [0.717, 1.165) is 11.6 Å². The molecular weight excluding hydrogens is 363 g/mol. The molecule has 28 heavy (non-hydrogen) atoms. The Hall–Kier alpha value is -3.22. The van der Waals surface area contributed by atoms with Crippen LogP contribution in [0.25, 0.3) is 0 Å². The maximum absolute atomic E-state index is 13.8. The minimum absolute atomic E-state index is 0.168. The number of aryl methyl sites for hydroxylation is 1. The highest BCUT2D eigenvalue weighted by Crippen LogP contribution is 2.13. The van der Waals surface area contributed by atoms with Gasteiger partial charge in [-0.15, -0.1) is 0 Å². The number of nitrogens with one attached hydrogen (secondary N) is 2. The molecule has 2 aromatic rings. The molecule has 148 valence electrons. The average molecular weight is 386 g/mol. The Kier molecular flexibility index (Phi) is 7.26. The minimum Gasteiger partial charge on any atom is -0.454 e. The largest absolute Gasteiger partial charge is 0.454 e. The van der Waals surface area contributed by atoms with E-state index in [1.165, 1.54) is 18.2 Å². The Balaban J connectivity index is 1.95. The molecule has 0 spiro atoms. The molecule has 2 N–H and O–H groups in total. The first-order valence-corrected chi connectivity index (χ1v) is 8.87. The van der Waals surface area contributed by atoms with Gasteiger partial charge in [0.1, 0.15) is 11.9 Å². The van der Waals surface area contributed by atoms with Crippen molar-refractivity contribution in [2.24, 2.45) is 5.92 Å². The van der Waals surface area contributed by atoms with Crippen molar-refractivity contribution in [1.29, 1.82) is 0 Å². The van der Waals surface area contributed by atoms with E-state index in [1.54, 1.807) is 26.0 Å². The van der Waals surface area contributed by atoms with Gasteiger partial charge in [0.2, 0.25) is 0 Å². The molecule has 0 aliphatic rings. The third-order valence-corrected chi connectivity index (χ3v) is 4.09. The summed E-state index contributed by atoms with van der Waals surface area (Å²) in [4.78, 5) is 36.6. The molecule has 0 aliphatic heterocycles. The maximum Gasteiger partial charge on any atom is 0.329 e. The van der Waals surface area contributed by atoms with Crippen LogP contribution in [0.4, 0.5) is 10.1 Å². The number of carbonyl (C=O) groups excluding carboxylic acids is 3. The molecule has 0 aromatic heterocycles. The number of rotatable bonds is 7. The molecule has 0 radical (unpaired) electrons. The van der Waals surface area contributed by atoms with Gasteiger partial charge in [0.15, 0.2) is 6.61 Å². The maximum atomic E-state index is 13.8. The van der Waals surface area contributed by atoms with Gasteiger partial charge in [-0.2, -0.15) is 0 Å². The summed E-state index contributed by atoms with van der Waals surface area (Å²) >= 11 is 0. The summed E-state index contributed by atoms with van der Waals surface area (Å²) in [5.74, 6) is -2.99. The SMILES string of the molecule is Cc1ccccc1NC(=O)COC(=O)[C@@H](NC(=O)c1ccccc1F)C(C)C. The van der Waals surface area contributed by atoms with Crippen LogP contribution in [0.2, 0.25) is 0 Å². The summed E-state index contributed by atoms with van der Waals surface area (Å²) in [5, 5.41) is 5.13. The Bertz CT molecular complexity index is 867. The van der Waals surface area contributed by atoms with Crippen LogP contribution in [0, 0.1) is 18.7 Å². The molecule has 0 saturated carbocycles. The Labute approximate surface area is 163 Å². The zero-order valence-electron chi connectivity index (χ0n) is 16.0. The van der Waals surface area contributed by atoms with Crippen molar-refractivity contribution in [2.45, 2.75) is 26.8 Å². The Morgan fingerprint density at radius 3 is 2.32 bits per heavy atom. The van der Waals surface area contributed by atoms with Gasteiger partial charge in [-0.25, -0.2) is 9.18 Å². The van der Waals surface area contributed by atoms with E-state index < -0.39 is 36.2 Å². The fourth-order valence-electron chi connectivity index (χ4n) is 2.49. The van der Waals surface area contributed by atoms with Crippen molar-refractivity contribution in [3.05, 3.63) is 65.5 Å². The number of carbonyl (C=O) groups is 3. The van der Waals surface area contributed by atoms with E-state index >= 15 is 0 Å². The second-order valence-corrected chi connectivity index (χ2v) is 6.65. The van der Waals surface area contributed by atoms with Crippen molar-refractivity contribution in [2.75, 3.05) is 11.9 Å². The van der Waals surface area contributed by atoms with E-state index in [1.807, 2.05) is 19.1 Å². The van der Waals surface area contributed by atoms with Gasteiger partial charge in [0, 0.05) is 5.69 Å². The number of amides is 2. The summed E-state index contributed by atoms with van der Waals surface area (Å²) in [6, 6.07) is 11.7. The fourth-order valence-corrected chi connectivity index (χ4v) is 2.49. The normalized spacial score (nSPS) is 11.6. The molecule has 0 unspecified atom stereocenters. The predicted molar refractivity (Wildman–Crippen MR) is 103 cm³/mol. The molecule has 0 heterocycles. The third kappa shape index (κ3) is 5.64. The van der Waals surface area contributed by atoms with Crippen LogP contribution in [0.1, 0.15) is 29.8 Å². The summed E-state index contributed by atoms with van der Waals surface area (Å²) in [5.41, 5.74) is 1.33. The zero-order chi connectivity index (χ0) is 20.7. The van der Waals surface area contributed by atoms with Gasteiger partial charge >= 0.3 is 5.97 Å². The van der Waals surface area contributed by atoms with Crippen molar-refractivity contribution >= 4 is 23.5 Å². The first kappa shape index (κ1) is 21.1. The lowest BCUT2D eigenvalue weighted by atomic mass is 10.0. The highest BCUT2D eigenvalue weighted by molar-refractivity contribution is 5.98. The molecule has 0 saturated heterocycles. The van der Waals surface area contributed by atoms with Crippen molar-refractivity contribution in [3.8, 4) is 0 Å². The number of esters is 1. The van der Waals surface area contributed by atoms with Crippen molar-refractivity contribution in [3.63, 3.8) is 0 Å². The van der Waals surface area contributed by atoms with Gasteiger partial charge < -0.3 is 15.4 Å². The van der Waals surface area contributed by atoms with Gasteiger partial charge in [-0.3, -0.25) is 9.59 Å². The lowest BCUT2D eigenvalue weighted by Crippen LogP contribution is -2.46. The molecule has 2 amide bonds. The zero-order valence-corrected chi connectivity index (χ0v) is 16.0. The Morgan fingerprint density at radius 2 is 1.68 bits per heavy atom. The topological polar surface area (TPSA) is 84.5 Å². The monoisotopic (exact) mass is 386 g/mol. The number of ether oxygens (including phenoxy) is 1. The third-order valence-electron chi connectivity index (χ3n) is 4.09. The van der Waals surface area contributed by atoms with E-state index in [0.29, 0.717) is 5.69 Å². The number of hydrogen-bond donors (Lipinski definition) is 2. The van der Waals surface area contributed by atoms with E-state index in [2.05, 4.69) is 10.6 Å². The predicted octanol–water partition coefficient (Wildman–Crippen LogP) is 3.07. The molecule has 0 aliphatic carbocycles. The van der Waals surface area contributed by atoms with Crippen LogP contribution < -0.4 is 10.6 Å². The quantitative estimate of drug-likeness (QED) is 0.717. The molecular formula is C21H23FN2O4. The van der Waals surface area contributed by atoms with E-state index in [9.17, 15) is 18.8 Å². The molecule has 7 heteroatoms. The molecule has 0 bridgehead atoms. The lowest BCUT2D eigenvalue weighted by Gasteiger charge is -2.21. The van der Waals surface area contributed by atoms with Crippen LogP contribution in [-0.2, 0) is 14.3 Å². The minimum atomic E-state index is -1.02.